The Morgan fingerprint density at radius 2 is 2.12 bits per heavy atom. The highest BCUT2D eigenvalue weighted by molar-refractivity contribution is 8.00. The predicted octanol–water partition coefficient (Wildman–Crippen LogP) is 5.11. The Morgan fingerprint density at radius 3 is 2.88 bits per heavy atom. The van der Waals surface area contributed by atoms with Gasteiger partial charge in [0.1, 0.15) is 12.8 Å². The van der Waals surface area contributed by atoms with Gasteiger partial charge < -0.3 is 9.73 Å². The Kier molecular flexibility index (Phi) is 5.50. The lowest BCUT2D eigenvalue weighted by atomic mass is 10.2. The quantitative estimate of drug-likeness (QED) is 0.574. The zero-order valence-corrected chi connectivity index (χ0v) is 14.8. The number of nitrogens with one attached hydrogen (secondary N) is 1. The second kappa shape index (κ2) is 7.63. The molecular weight excluding hydrogens is 397 g/mol. The highest BCUT2D eigenvalue weighted by Crippen LogP contribution is 2.30. The van der Waals surface area contributed by atoms with Crippen molar-refractivity contribution in [3.63, 3.8) is 0 Å². The largest absolute Gasteiger partial charge is 0.444 e. The highest BCUT2D eigenvalue weighted by atomic mass is 35.5. The molecule has 132 valence electrons. The van der Waals surface area contributed by atoms with Gasteiger partial charge in [0.2, 0.25) is 11.0 Å². The summed E-state index contributed by atoms with van der Waals surface area (Å²) in [5.74, 6) is 0.903. The number of hydrogen-bond donors (Lipinski definition) is 1. The topological polar surface area (TPSA) is 63.8 Å². The third-order valence-electron chi connectivity index (χ3n) is 2.81. The van der Waals surface area contributed by atoms with Gasteiger partial charge in [0.25, 0.3) is 0 Å². The first-order chi connectivity index (χ1) is 11.9. The molecule has 1 aromatic carbocycles. The van der Waals surface area contributed by atoms with Crippen LogP contribution in [0.4, 0.5) is 18.3 Å². The van der Waals surface area contributed by atoms with E-state index in [-0.39, 0.29) is 5.13 Å². The molecule has 0 aliphatic carbocycles. The maximum absolute atomic E-state index is 12.1. The summed E-state index contributed by atoms with van der Waals surface area (Å²) >= 11 is 8.30. The minimum absolute atomic E-state index is 0.125. The van der Waals surface area contributed by atoms with Crippen LogP contribution < -0.4 is 5.32 Å². The van der Waals surface area contributed by atoms with E-state index in [0.717, 1.165) is 16.9 Å². The van der Waals surface area contributed by atoms with Crippen molar-refractivity contribution in [1.82, 2.24) is 15.2 Å². The van der Waals surface area contributed by atoms with E-state index in [0.29, 0.717) is 26.7 Å². The summed E-state index contributed by atoms with van der Waals surface area (Å²) in [6.07, 6.45) is -2.77. The lowest BCUT2D eigenvalue weighted by Gasteiger charge is -2.05. The van der Waals surface area contributed by atoms with E-state index in [4.69, 9.17) is 16.0 Å². The number of hydrogen-bond acceptors (Lipinski definition) is 7. The van der Waals surface area contributed by atoms with Crippen LogP contribution in [0, 0.1) is 0 Å². The first-order valence-corrected chi connectivity index (χ1v) is 9.04. The zero-order chi connectivity index (χ0) is 17.9. The fourth-order valence-electron chi connectivity index (χ4n) is 1.78. The van der Waals surface area contributed by atoms with Crippen molar-refractivity contribution in [2.45, 2.75) is 16.3 Å². The first kappa shape index (κ1) is 18.0. The molecule has 0 radical (unpaired) electrons. The van der Waals surface area contributed by atoms with Crippen LogP contribution >= 0.6 is 34.7 Å². The van der Waals surface area contributed by atoms with Gasteiger partial charge in [-0.15, -0.1) is 10.2 Å². The van der Waals surface area contributed by atoms with Crippen molar-refractivity contribution in [3.05, 3.63) is 41.2 Å². The molecule has 0 atom stereocenters. The van der Waals surface area contributed by atoms with Gasteiger partial charge in [0.05, 0.1) is 5.69 Å². The summed E-state index contributed by atoms with van der Waals surface area (Å²) in [4.78, 5) is 4.36. The maximum atomic E-state index is 12.1. The predicted molar refractivity (Wildman–Crippen MR) is 91.0 cm³/mol. The minimum Gasteiger partial charge on any atom is -0.444 e. The number of anilines is 1. The van der Waals surface area contributed by atoms with E-state index in [9.17, 15) is 13.2 Å². The number of alkyl halides is 3. The summed E-state index contributed by atoms with van der Waals surface area (Å²) in [6, 6.07) is 7.13. The first-order valence-electron chi connectivity index (χ1n) is 6.86. The van der Waals surface area contributed by atoms with Gasteiger partial charge in [0.15, 0.2) is 4.34 Å². The summed E-state index contributed by atoms with van der Waals surface area (Å²) in [5, 5.41) is 10.4. The number of benzene rings is 1. The maximum Gasteiger partial charge on any atom is 0.405 e. The van der Waals surface area contributed by atoms with Crippen LogP contribution in [0.15, 0.2) is 39.3 Å². The fraction of sp³-hybridized carbons (Fsp3) is 0.214. The van der Waals surface area contributed by atoms with Crippen molar-refractivity contribution >= 4 is 39.8 Å². The molecule has 0 amide bonds. The molecule has 25 heavy (non-hydrogen) atoms. The van der Waals surface area contributed by atoms with Crippen molar-refractivity contribution < 1.29 is 17.6 Å². The molecule has 0 aliphatic rings. The normalized spacial score (nSPS) is 11.7. The monoisotopic (exact) mass is 406 g/mol. The standard InChI is InChI=1S/C14H10ClF3N4OS2/c15-9-3-1-2-8(4-9)11-20-10(5-23-11)6-24-13-22-21-12(25-13)19-7-14(16,17)18/h1-5H,6-7H2,(H,19,21). The molecule has 2 aromatic heterocycles. The lowest BCUT2D eigenvalue weighted by Crippen LogP contribution is -2.21. The van der Waals surface area contributed by atoms with Crippen molar-refractivity contribution in [1.29, 1.82) is 0 Å². The molecule has 0 saturated heterocycles. The molecule has 3 aromatic rings. The minimum atomic E-state index is -4.30. The van der Waals surface area contributed by atoms with E-state index in [1.807, 2.05) is 6.07 Å². The van der Waals surface area contributed by atoms with E-state index in [1.165, 1.54) is 18.0 Å². The molecule has 0 spiro atoms. The Bertz CT molecular complexity index is 852. The van der Waals surface area contributed by atoms with Crippen LogP contribution in [0.5, 0.6) is 0 Å². The number of thioether (sulfide) groups is 1. The van der Waals surface area contributed by atoms with E-state index >= 15 is 0 Å². The van der Waals surface area contributed by atoms with E-state index in [1.54, 1.807) is 18.2 Å². The van der Waals surface area contributed by atoms with Gasteiger partial charge in [-0.2, -0.15) is 13.2 Å². The van der Waals surface area contributed by atoms with Gasteiger partial charge in [-0.05, 0) is 18.2 Å². The Morgan fingerprint density at radius 1 is 1.28 bits per heavy atom. The summed E-state index contributed by atoms with van der Waals surface area (Å²) < 4.78 is 42.4. The molecule has 0 aliphatic heterocycles. The smallest absolute Gasteiger partial charge is 0.405 e. The van der Waals surface area contributed by atoms with Crippen molar-refractivity contribution in [3.8, 4) is 11.5 Å². The van der Waals surface area contributed by atoms with Crippen LogP contribution in [0.1, 0.15) is 5.69 Å². The molecule has 5 nitrogen and oxygen atoms in total. The van der Waals surface area contributed by atoms with Gasteiger partial charge in [0, 0.05) is 16.3 Å². The Hall–Kier alpha value is -1.78. The number of halogens is 4. The SMILES string of the molecule is FC(F)(F)CNc1nnc(SCc2coc(-c3cccc(Cl)c3)n2)s1. The molecule has 2 heterocycles. The summed E-state index contributed by atoms with van der Waals surface area (Å²) in [7, 11) is 0. The molecule has 0 saturated carbocycles. The molecule has 11 heteroatoms. The molecule has 3 rings (SSSR count). The summed E-state index contributed by atoms with van der Waals surface area (Å²) in [5.41, 5.74) is 1.44. The van der Waals surface area contributed by atoms with Crippen LogP contribution in [-0.2, 0) is 5.75 Å². The number of nitrogens with zero attached hydrogens (tertiary/aromatic N) is 3. The van der Waals surface area contributed by atoms with Crippen LogP contribution in [-0.4, -0.2) is 27.9 Å². The fourth-order valence-corrected chi connectivity index (χ4v) is 3.59. The molecule has 0 unspecified atom stereocenters. The Labute approximate surface area is 153 Å². The average molecular weight is 407 g/mol. The molecular formula is C14H10ClF3N4OS2. The number of rotatable bonds is 6. The third kappa shape index (κ3) is 5.35. The summed E-state index contributed by atoms with van der Waals surface area (Å²) in [6.45, 7) is -1.14. The Balaban J connectivity index is 1.57. The van der Waals surface area contributed by atoms with E-state index < -0.39 is 12.7 Å². The van der Waals surface area contributed by atoms with E-state index in [2.05, 4.69) is 20.5 Å². The number of aromatic nitrogens is 3. The van der Waals surface area contributed by atoms with Gasteiger partial charge >= 0.3 is 6.18 Å². The highest BCUT2D eigenvalue weighted by Gasteiger charge is 2.27. The number of oxazole rings is 1. The zero-order valence-electron chi connectivity index (χ0n) is 12.4. The van der Waals surface area contributed by atoms with Gasteiger partial charge in [-0.25, -0.2) is 4.98 Å². The molecule has 1 N–H and O–H groups in total. The van der Waals surface area contributed by atoms with Crippen molar-refractivity contribution in [2.24, 2.45) is 0 Å². The van der Waals surface area contributed by atoms with Crippen LogP contribution in [0.25, 0.3) is 11.5 Å². The average Bonchev–Trinajstić information content (AvgIpc) is 3.20. The van der Waals surface area contributed by atoms with Crippen LogP contribution in [0.3, 0.4) is 0 Å². The van der Waals surface area contributed by atoms with Gasteiger partial charge in [-0.1, -0.05) is 40.8 Å². The lowest BCUT2D eigenvalue weighted by molar-refractivity contribution is -0.115. The second-order valence-electron chi connectivity index (χ2n) is 4.78. The van der Waals surface area contributed by atoms with Gasteiger partial charge in [-0.3, -0.25) is 0 Å². The molecule has 0 fully saturated rings. The van der Waals surface area contributed by atoms with Crippen molar-refractivity contribution in [2.75, 3.05) is 11.9 Å². The second-order valence-corrected chi connectivity index (χ2v) is 7.42. The third-order valence-corrected chi connectivity index (χ3v) is 5.10. The van der Waals surface area contributed by atoms with Crippen LogP contribution in [0.2, 0.25) is 5.02 Å². The molecule has 0 bridgehead atoms.